The average molecular weight is 284 g/mol. The summed E-state index contributed by atoms with van der Waals surface area (Å²) in [5.74, 6) is -7.14. The highest BCUT2D eigenvalue weighted by atomic mass is 35.8. The minimum Gasteiger partial charge on any atom is -0.204 e. The Balaban J connectivity index is 3.49. The molecule has 1 aromatic carbocycles. The van der Waals surface area contributed by atoms with Crippen LogP contribution < -0.4 is 5.19 Å². The van der Waals surface area contributed by atoms with E-state index in [4.69, 9.17) is 33.2 Å². The number of benzene rings is 1. The van der Waals surface area contributed by atoms with Crippen molar-refractivity contribution in [3.8, 4) is 0 Å². The zero-order valence-corrected chi connectivity index (χ0v) is 9.49. The Labute approximate surface area is 91.5 Å². The Morgan fingerprint density at radius 1 is 0.857 bits per heavy atom. The average Bonchev–Trinajstić information content (AvgIpc) is 2.06. The highest BCUT2D eigenvalue weighted by Crippen LogP contribution is 2.23. The minimum absolute atomic E-state index is 0.354. The molecule has 0 amide bonds. The third-order valence-corrected chi connectivity index (χ3v) is 4.22. The standard InChI is InChI=1S/C6HCl3F4Si/c7-14(8,9)3-1-2(10)4(11)6(13)5(3)12/h1H. The molecular weight excluding hydrogens is 283 g/mol. The van der Waals surface area contributed by atoms with Crippen LogP contribution >= 0.6 is 33.2 Å². The summed E-state index contributed by atoms with van der Waals surface area (Å²) in [5.41, 5.74) is 0. The fourth-order valence-corrected chi connectivity index (χ4v) is 2.67. The number of hydrogen-bond acceptors (Lipinski definition) is 0. The Morgan fingerprint density at radius 3 is 1.79 bits per heavy atom. The quantitative estimate of drug-likeness (QED) is 0.244. The van der Waals surface area contributed by atoms with Crippen molar-refractivity contribution >= 4 is 44.4 Å². The van der Waals surface area contributed by atoms with Gasteiger partial charge in [-0.05, 0) is 6.07 Å². The van der Waals surface area contributed by atoms with E-state index in [0.29, 0.717) is 6.07 Å². The van der Waals surface area contributed by atoms with Gasteiger partial charge < -0.3 is 0 Å². The molecule has 0 heterocycles. The van der Waals surface area contributed by atoms with E-state index in [1.165, 1.54) is 0 Å². The van der Waals surface area contributed by atoms with Gasteiger partial charge in [-0.3, -0.25) is 0 Å². The van der Waals surface area contributed by atoms with Crippen LogP contribution in [0.3, 0.4) is 0 Å². The largest absolute Gasteiger partial charge is 0.376 e. The maximum absolute atomic E-state index is 12.9. The second-order valence-corrected chi connectivity index (χ2v) is 10.7. The molecule has 0 radical (unpaired) electrons. The molecule has 0 bridgehead atoms. The van der Waals surface area contributed by atoms with E-state index < -0.39 is 34.5 Å². The van der Waals surface area contributed by atoms with Crippen LogP contribution in [0, 0.1) is 23.3 Å². The van der Waals surface area contributed by atoms with Crippen LogP contribution in [-0.2, 0) is 0 Å². The lowest BCUT2D eigenvalue weighted by atomic mass is 10.3. The van der Waals surface area contributed by atoms with Gasteiger partial charge in [-0.25, -0.2) is 17.6 Å². The Bertz CT molecular complexity index is 376. The summed E-state index contributed by atoms with van der Waals surface area (Å²) in [6, 6.07) is -3.41. The SMILES string of the molecule is Fc1cc([Si](Cl)(Cl)Cl)c(F)c(F)c1F. The van der Waals surface area contributed by atoms with Gasteiger partial charge in [0.1, 0.15) is 0 Å². The molecule has 0 aliphatic carbocycles. The molecule has 0 saturated carbocycles. The van der Waals surface area contributed by atoms with E-state index >= 15 is 0 Å². The van der Waals surface area contributed by atoms with Crippen molar-refractivity contribution in [2.24, 2.45) is 0 Å². The fourth-order valence-electron chi connectivity index (χ4n) is 0.779. The first-order valence-electron chi connectivity index (χ1n) is 3.15. The van der Waals surface area contributed by atoms with Gasteiger partial charge in [-0.15, -0.1) is 33.2 Å². The van der Waals surface area contributed by atoms with Crippen molar-refractivity contribution in [2.45, 2.75) is 0 Å². The highest BCUT2D eigenvalue weighted by molar-refractivity contribution is 7.69. The minimum atomic E-state index is -3.77. The number of halogens is 7. The molecule has 1 aromatic rings. The summed E-state index contributed by atoms with van der Waals surface area (Å²) in [6.45, 7) is 0. The third kappa shape index (κ3) is 2.16. The predicted octanol–water partition coefficient (Wildman–Crippen LogP) is 3.11. The van der Waals surface area contributed by atoms with Crippen LogP contribution in [0.15, 0.2) is 6.07 Å². The first-order valence-corrected chi connectivity index (χ1v) is 8.19. The van der Waals surface area contributed by atoms with Gasteiger partial charge in [0.05, 0.1) is 0 Å². The van der Waals surface area contributed by atoms with Crippen LogP contribution in [-0.4, -0.2) is 6.00 Å². The van der Waals surface area contributed by atoms with Crippen molar-refractivity contribution < 1.29 is 17.6 Å². The van der Waals surface area contributed by atoms with Gasteiger partial charge in [0.2, 0.25) is 0 Å². The number of rotatable bonds is 1. The maximum Gasteiger partial charge on any atom is 0.376 e. The van der Waals surface area contributed by atoms with E-state index in [1.807, 2.05) is 0 Å². The number of hydrogen-bond donors (Lipinski definition) is 0. The molecule has 0 aliphatic rings. The van der Waals surface area contributed by atoms with Crippen molar-refractivity contribution in [3.63, 3.8) is 0 Å². The second kappa shape index (κ2) is 3.88. The molecule has 0 fully saturated rings. The van der Waals surface area contributed by atoms with Crippen LogP contribution in [0.25, 0.3) is 0 Å². The summed E-state index contributed by atoms with van der Waals surface area (Å²) < 4.78 is 50.6. The van der Waals surface area contributed by atoms with Gasteiger partial charge >= 0.3 is 6.00 Å². The lowest BCUT2D eigenvalue weighted by molar-refractivity contribution is 0.412. The molecule has 78 valence electrons. The van der Waals surface area contributed by atoms with E-state index in [1.54, 1.807) is 0 Å². The molecule has 0 N–H and O–H groups in total. The molecule has 0 aliphatic heterocycles. The molecule has 0 spiro atoms. The fraction of sp³-hybridized carbons (Fsp3) is 0. The molecule has 8 heteroatoms. The second-order valence-electron chi connectivity index (χ2n) is 2.35. The van der Waals surface area contributed by atoms with Gasteiger partial charge in [0.25, 0.3) is 0 Å². The molecule has 14 heavy (non-hydrogen) atoms. The Hall–Kier alpha value is 0.0269. The van der Waals surface area contributed by atoms with Crippen molar-refractivity contribution in [3.05, 3.63) is 29.3 Å². The summed E-state index contributed by atoms with van der Waals surface area (Å²) in [4.78, 5) is 0. The Morgan fingerprint density at radius 2 is 1.36 bits per heavy atom. The maximum atomic E-state index is 12.9. The molecule has 0 atom stereocenters. The lowest BCUT2D eigenvalue weighted by Gasteiger charge is -2.10. The zero-order chi connectivity index (χ0) is 11.1. The monoisotopic (exact) mass is 282 g/mol. The molecule has 0 saturated heterocycles. The van der Waals surface area contributed by atoms with Gasteiger partial charge in [0, 0.05) is 5.19 Å². The van der Waals surface area contributed by atoms with Gasteiger partial charge in [0.15, 0.2) is 23.3 Å². The van der Waals surface area contributed by atoms with Crippen LogP contribution in [0.5, 0.6) is 0 Å². The third-order valence-electron chi connectivity index (χ3n) is 1.41. The van der Waals surface area contributed by atoms with E-state index in [0.717, 1.165) is 0 Å². The molecule has 0 unspecified atom stereocenters. The van der Waals surface area contributed by atoms with Gasteiger partial charge in [-0.2, -0.15) is 0 Å². The van der Waals surface area contributed by atoms with Crippen LogP contribution in [0.4, 0.5) is 17.6 Å². The first-order chi connectivity index (χ1) is 6.25. The topological polar surface area (TPSA) is 0 Å². The van der Waals surface area contributed by atoms with Crippen LogP contribution in [0.1, 0.15) is 0 Å². The zero-order valence-electron chi connectivity index (χ0n) is 6.22. The lowest BCUT2D eigenvalue weighted by Crippen LogP contribution is -2.35. The van der Waals surface area contributed by atoms with Crippen LogP contribution in [0.2, 0.25) is 0 Å². The summed E-state index contributed by atoms with van der Waals surface area (Å²) in [5, 5.41) is -0.737. The molecule has 0 nitrogen and oxygen atoms in total. The summed E-state index contributed by atoms with van der Waals surface area (Å²) in [6.07, 6.45) is 0. The summed E-state index contributed by atoms with van der Waals surface area (Å²) >= 11 is 16.0. The molecule has 1 rings (SSSR count). The van der Waals surface area contributed by atoms with Crippen molar-refractivity contribution in [1.82, 2.24) is 0 Å². The highest BCUT2D eigenvalue weighted by Gasteiger charge is 2.35. The van der Waals surface area contributed by atoms with Gasteiger partial charge in [-0.1, -0.05) is 0 Å². The van der Waals surface area contributed by atoms with Crippen molar-refractivity contribution in [2.75, 3.05) is 0 Å². The summed E-state index contributed by atoms with van der Waals surface area (Å²) in [7, 11) is 0. The van der Waals surface area contributed by atoms with E-state index in [2.05, 4.69) is 0 Å². The molecular formula is C6HCl3F4Si. The normalized spacial score (nSPS) is 11.9. The predicted molar refractivity (Wildman–Crippen MR) is 49.2 cm³/mol. The Kier molecular flexibility index (Phi) is 3.36. The van der Waals surface area contributed by atoms with E-state index in [9.17, 15) is 17.6 Å². The van der Waals surface area contributed by atoms with Crippen molar-refractivity contribution in [1.29, 1.82) is 0 Å². The molecule has 0 aromatic heterocycles. The first kappa shape index (κ1) is 12.1. The smallest absolute Gasteiger partial charge is 0.204 e. The van der Waals surface area contributed by atoms with E-state index in [-0.39, 0.29) is 0 Å².